The van der Waals surface area contributed by atoms with Crippen LogP contribution in [0, 0.1) is 17.6 Å². The molecule has 0 N–H and O–H groups in total. The maximum absolute atomic E-state index is 13.4. The van der Waals surface area contributed by atoms with E-state index in [1.54, 1.807) is 29.2 Å². The third kappa shape index (κ3) is 4.54. The van der Waals surface area contributed by atoms with E-state index in [4.69, 9.17) is 0 Å². The highest BCUT2D eigenvalue weighted by molar-refractivity contribution is 7.91. The largest absolute Gasteiger partial charge is 0.340 e. The number of rotatable bonds is 4. The van der Waals surface area contributed by atoms with Gasteiger partial charge in [-0.25, -0.2) is 17.2 Å². The van der Waals surface area contributed by atoms with Crippen LogP contribution in [0.5, 0.6) is 0 Å². The van der Waals surface area contributed by atoms with Gasteiger partial charge in [-0.3, -0.25) is 9.69 Å². The lowest BCUT2D eigenvalue weighted by Crippen LogP contribution is -2.51. The molecule has 2 aromatic rings. The zero-order valence-electron chi connectivity index (χ0n) is 16.5. The van der Waals surface area contributed by atoms with E-state index in [0.717, 1.165) is 11.1 Å². The van der Waals surface area contributed by atoms with Crippen LogP contribution in [0.25, 0.3) is 0 Å². The molecule has 2 aliphatic heterocycles. The lowest BCUT2D eigenvalue weighted by Gasteiger charge is -2.40. The average molecular weight is 435 g/mol. The van der Waals surface area contributed by atoms with Crippen molar-refractivity contribution >= 4 is 15.7 Å². The number of hydrogen-bond donors (Lipinski definition) is 0. The van der Waals surface area contributed by atoms with Gasteiger partial charge in [0, 0.05) is 26.2 Å². The Bertz CT molecular complexity index is 956. The molecular weight excluding hydrogens is 410 g/mol. The van der Waals surface area contributed by atoms with Crippen molar-refractivity contribution in [2.45, 2.75) is 12.5 Å². The summed E-state index contributed by atoms with van der Waals surface area (Å²) < 4.78 is 50.3. The Balaban J connectivity index is 1.50. The molecule has 2 heterocycles. The molecule has 0 saturated carbocycles. The molecule has 2 fully saturated rings. The summed E-state index contributed by atoms with van der Waals surface area (Å²) in [5, 5.41) is 0. The fourth-order valence-electron chi connectivity index (χ4n) is 4.35. The van der Waals surface area contributed by atoms with Crippen molar-refractivity contribution in [3.05, 3.63) is 71.3 Å². The van der Waals surface area contributed by atoms with Crippen molar-refractivity contribution in [1.82, 2.24) is 9.80 Å². The number of carbonyl (C=O) groups is 1. The molecule has 0 aromatic heterocycles. The monoisotopic (exact) mass is 434 g/mol. The Labute approximate surface area is 175 Å². The number of sulfone groups is 1. The van der Waals surface area contributed by atoms with E-state index in [2.05, 4.69) is 4.90 Å². The Morgan fingerprint density at radius 1 is 0.867 bits per heavy atom. The first-order chi connectivity index (χ1) is 14.3. The van der Waals surface area contributed by atoms with E-state index in [-0.39, 0.29) is 35.1 Å². The summed E-state index contributed by atoms with van der Waals surface area (Å²) in [7, 11) is -3.10. The average Bonchev–Trinajstić information content (AvgIpc) is 3.11. The second-order valence-electron chi connectivity index (χ2n) is 7.97. The molecule has 30 heavy (non-hydrogen) atoms. The van der Waals surface area contributed by atoms with Crippen molar-refractivity contribution < 1.29 is 22.0 Å². The molecule has 2 aliphatic rings. The SMILES string of the molecule is O=C([C@H]1CCS(=O)(=O)C1)N1CCN(C(c2ccc(F)cc2)c2ccc(F)cc2)CC1. The number of benzene rings is 2. The van der Waals surface area contributed by atoms with Gasteiger partial charge in [0.05, 0.1) is 23.5 Å². The lowest BCUT2D eigenvalue weighted by atomic mass is 9.96. The quantitative estimate of drug-likeness (QED) is 0.743. The lowest BCUT2D eigenvalue weighted by molar-refractivity contribution is -0.136. The fourth-order valence-corrected chi connectivity index (χ4v) is 6.09. The molecule has 4 rings (SSSR count). The number of amides is 1. The van der Waals surface area contributed by atoms with E-state index in [1.165, 1.54) is 24.3 Å². The van der Waals surface area contributed by atoms with Crippen LogP contribution in [0.2, 0.25) is 0 Å². The summed E-state index contributed by atoms with van der Waals surface area (Å²) in [6.45, 7) is 2.16. The third-order valence-electron chi connectivity index (χ3n) is 5.94. The van der Waals surface area contributed by atoms with Crippen LogP contribution < -0.4 is 0 Å². The van der Waals surface area contributed by atoms with Crippen LogP contribution >= 0.6 is 0 Å². The molecule has 2 saturated heterocycles. The first-order valence-corrected chi connectivity index (χ1v) is 11.9. The molecular formula is C22H24F2N2O3S. The van der Waals surface area contributed by atoms with Gasteiger partial charge in [0.25, 0.3) is 0 Å². The molecule has 160 valence electrons. The zero-order chi connectivity index (χ0) is 21.3. The summed E-state index contributed by atoms with van der Waals surface area (Å²) in [5.74, 6) is -1.14. The van der Waals surface area contributed by atoms with Crippen molar-refractivity contribution in [2.75, 3.05) is 37.7 Å². The second-order valence-corrected chi connectivity index (χ2v) is 10.2. The summed E-state index contributed by atoms with van der Waals surface area (Å²) in [6.07, 6.45) is 0.398. The topological polar surface area (TPSA) is 57.7 Å². The minimum Gasteiger partial charge on any atom is -0.340 e. The molecule has 0 unspecified atom stereocenters. The molecule has 0 aliphatic carbocycles. The third-order valence-corrected chi connectivity index (χ3v) is 7.71. The van der Waals surface area contributed by atoms with Gasteiger partial charge in [-0.2, -0.15) is 0 Å². The van der Waals surface area contributed by atoms with E-state index in [0.29, 0.717) is 32.6 Å². The minimum atomic E-state index is -3.10. The summed E-state index contributed by atoms with van der Waals surface area (Å²) in [6, 6.07) is 12.4. The van der Waals surface area contributed by atoms with Gasteiger partial charge in [-0.1, -0.05) is 24.3 Å². The molecule has 0 bridgehead atoms. The van der Waals surface area contributed by atoms with Gasteiger partial charge >= 0.3 is 0 Å². The molecule has 2 aromatic carbocycles. The van der Waals surface area contributed by atoms with Crippen molar-refractivity contribution in [3.8, 4) is 0 Å². The first kappa shape index (κ1) is 20.9. The summed E-state index contributed by atoms with van der Waals surface area (Å²) in [4.78, 5) is 16.7. The van der Waals surface area contributed by atoms with Crippen LogP contribution in [0.4, 0.5) is 8.78 Å². The highest BCUT2D eigenvalue weighted by Gasteiger charge is 2.37. The normalized spacial score (nSPS) is 21.8. The van der Waals surface area contributed by atoms with Gasteiger partial charge in [0.1, 0.15) is 11.6 Å². The van der Waals surface area contributed by atoms with E-state index in [1.807, 2.05) is 0 Å². The number of nitrogens with zero attached hydrogens (tertiary/aromatic N) is 2. The molecule has 0 radical (unpaired) electrons. The van der Waals surface area contributed by atoms with Gasteiger partial charge in [0.2, 0.25) is 5.91 Å². The van der Waals surface area contributed by atoms with Gasteiger partial charge in [-0.15, -0.1) is 0 Å². The molecule has 1 atom stereocenters. The van der Waals surface area contributed by atoms with Crippen LogP contribution in [-0.4, -0.2) is 61.8 Å². The Kier molecular flexibility index (Phi) is 5.88. The molecule has 8 heteroatoms. The number of hydrogen-bond acceptors (Lipinski definition) is 4. The van der Waals surface area contributed by atoms with Crippen molar-refractivity contribution in [2.24, 2.45) is 5.92 Å². The van der Waals surface area contributed by atoms with Gasteiger partial charge in [-0.05, 0) is 41.8 Å². The van der Waals surface area contributed by atoms with Gasteiger partial charge in [0.15, 0.2) is 9.84 Å². The summed E-state index contributed by atoms with van der Waals surface area (Å²) >= 11 is 0. The number of piperazine rings is 1. The fraction of sp³-hybridized carbons (Fsp3) is 0.409. The zero-order valence-corrected chi connectivity index (χ0v) is 17.3. The highest BCUT2D eigenvalue weighted by atomic mass is 32.2. The first-order valence-electron chi connectivity index (χ1n) is 10.1. The predicted molar refractivity (Wildman–Crippen MR) is 110 cm³/mol. The Hall–Kier alpha value is -2.32. The highest BCUT2D eigenvalue weighted by Crippen LogP contribution is 2.30. The smallest absolute Gasteiger partial charge is 0.226 e. The van der Waals surface area contributed by atoms with Crippen LogP contribution in [0.1, 0.15) is 23.6 Å². The Morgan fingerprint density at radius 3 is 1.80 bits per heavy atom. The van der Waals surface area contributed by atoms with Crippen LogP contribution in [-0.2, 0) is 14.6 Å². The summed E-state index contributed by atoms with van der Waals surface area (Å²) in [5.41, 5.74) is 1.79. The molecule has 5 nitrogen and oxygen atoms in total. The predicted octanol–water partition coefficient (Wildman–Crippen LogP) is 2.63. The Morgan fingerprint density at radius 2 is 1.37 bits per heavy atom. The maximum Gasteiger partial charge on any atom is 0.226 e. The number of carbonyl (C=O) groups excluding carboxylic acids is 1. The molecule has 1 amide bonds. The van der Waals surface area contributed by atoms with Crippen molar-refractivity contribution in [1.29, 1.82) is 0 Å². The van der Waals surface area contributed by atoms with E-state index < -0.39 is 15.8 Å². The molecule has 0 spiro atoms. The maximum atomic E-state index is 13.4. The minimum absolute atomic E-state index is 0.0557. The number of halogens is 2. The van der Waals surface area contributed by atoms with E-state index in [9.17, 15) is 22.0 Å². The van der Waals surface area contributed by atoms with Crippen molar-refractivity contribution in [3.63, 3.8) is 0 Å². The van der Waals surface area contributed by atoms with E-state index >= 15 is 0 Å². The second kappa shape index (κ2) is 8.43. The van der Waals surface area contributed by atoms with Gasteiger partial charge < -0.3 is 4.90 Å². The standard InChI is InChI=1S/C22H24F2N2O3S/c23-19-5-1-16(2-6-19)21(17-3-7-20(24)8-4-17)25-10-12-26(13-11-25)22(27)18-9-14-30(28,29)15-18/h1-8,18,21H,9-15H2/t18-/m0/s1. The van der Waals surface area contributed by atoms with Crippen LogP contribution in [0.15, 0.2) is 48.5 Å². The van der Waals surface area contributed by atoms with Crippen LogP contribution in [0.3, 0.4) is 0 Å².